The standard InChI is InChI=1S/C30H45NO4/c1-27-12-7-21(11-18-31-16-3-4-17-31)19-29(27,33)14-9-25-24(27)8-13-28(2)23(10-15-30(25,28)34)22-5-6-26(32)35-20-22/h5-6,20-21,23-25,33-34H,3-4,7-19H2,1-2H3/t21-,23-,24+,25-,27-,28-,29+,30+/m1/s1. The van der Waals surface area contributed by atoms with E-state index >= 15 is 0 Å². The van der Waals surface area contributed by atoms with E-state index in [2.05, 4.69) is 18.7 Å². The lowest BCUT2D eigenvalue weighted by molar-refractivity contribution is -0.250. The molecule has 2 N–H and O–H groups in total. The SMILES string of the molecule is C[C@]12CC[C@H](CCN3CCCC3)C[C@@]1(O)CC[C@@H]1[C@@H]2CC[C@]2(C)[C@@H](c3ccc(=O)oc3)CC[C@]12O. The summed E-state index contributed by atoms with van der Waals surface area (Å²) in [4.78, 5) is 14.1. The smallest absolute Gasteiger partial charge is 0.335 e. The second-order valence-corrected chi connectivity index (χ2v) is 13.5. The third kappa shape index (κ3) is 3.54. The summed E-state index contributed by atoms with van der Waals surface area (Å²) < 4.78 is 5.22. The van der Waals surface area contributed by atoms with Crippen LogP contribution in [0.25, 0.3) is 0 Å². The van der Waals surface area contributed by atoms with E-state index < -0.39 is 11.2 Å². The zero-order valence-corrected chi connectivity index (χ0v) is 21.8. The molecule has 35 heavy (non-hydrogen) atoms. The highest BCUT2D eigenvalue weighted by Gasteiger charge is 2.69. The normalized spacial score (nSPS) is 47.8. The molecule has 0 spiro atoms. The van der Waals surface area contributed by atoms with Gasteiger partial charge >= 0.3 is 5.63 Å². The third-order valence-electron chi connectivity index (χ3n) is 12.3. The Kier molecular flexibility index (Phi) is 5.82. The quantitative estimate of drug-likeness (QED) is 0.623. The van der Waals surface area contributed by atoms with Crippen LogP contribution in [0, 0.1) is 28.6 Å². The number of likely N-dealkylation sites (tertiary alicyclic amines) is 1. The molecular formula is C30H45NO4. The van der Waals surface area contributed by atoms with Crippen LogP contribution < -0.4 is 5.63 Å². The molecule has 0 amide bonds. The maximum Gasteiger partial charge on any atom is 0.335 e. The molecule has 5 nitrogen and oxygen atoms in total. The van der Waals surface area contributed by atoms with Gasteiger partial charge in [-0.3, -0.25) is 0 Å². The van der Waals surface area contributed by atoms with Crippen LogP contribution in [0.4, 0.5) is 0 Å². The Balaban J connectivity index is 1.21. The predicted octanol–water partition coefficient (Wildman–Crippen LogP) is 5.10. The third-order valence-corrected chi connectivity index (χ3v) is 12.3. The largest absolute Gasteiger partial charge is 0.431 e. The summed E-state index contributed by atoms with van der Waals surface area (Å²) in [5.41, 5.74) is -0.882. The number of hydrogen-bond acceptors (Lipinski definition) is 5. The van der Waals surface area contributed by atoms with E-state index in [4.69, 9.17) is 4.42 Å². The van der Waals surface area contributed by atoms with Crippen molar-refractivity contribution in [3.8, 4) is 0 Å². The molecule has 0 unspecified atom stereocenters. The topological polar surface area (TPSA) is 73.9 Å². The fourth-order valence-corrected chi connectivity index (χ4v) is 10.0. The van der Waals surface area contributed by atoms with Gasteiger partial charge in [0.25, 0.3) is 0 Å². The molecule has 0 radical (unpaired) electrons. The summed E-state index contributed by atoms with van der Waals surface area (Å²) >= 11 is 0. The van der Waals surface area contributed by atoms with E-state index in [9.17, 15) is 15.0 Å². The molecule has 6 rings (SSSR count). The van der Waals surface area contributed by atoms with Crippen molar-refractivity contribution in [1.82, 2.24) is 4.90 Å². The van der Waals surface area contributed by atoms with Crippen molar-refractivity contribution in [2.45, 2.75) is 108 Å². The van der Waals surface area contributed by atoms with E-state index in [1.54, 1.807) is 6.26 Å². The van der Waals surface area contributed by atoms with E-state index in [1.165, 1.54) is 51.4 Å². The fourth-order valence-electron chi connectivity index (χ4n) is 10.0. The van der Waals surface area contributed by atoms with Gasteiger partial charge in [0.05, 0.1) is 17.5 Å². The van der Waals surface area contributed by atoms with Gasteiger partial charge in [0.15, 0.2) is 0 Å². The molecule has 4 saturated carbocycles. The Morgan fingerprint density at radius 3 is 2.43 bits per heavy atom. The van der Waals surface area contributed by atoms with Crippen LogP contribution in [0.1, 0.15) is 102 Å². The number of rotatable bonds is 4. The van der Waals surface area contributed by atoms with Gasteiger partial charge < -0.3 is 19.5 Å². The predicted molar refractivity (Wildman–Crippen MR) is 136 cm³/mol. The molecule has 1 aliphatic heterocycles. The summed E-state index contributed by atoms with van der Waals surface area (Å²) in [6, 6.07) is 3.43. The molecule has 1 aromatic rings. The summed E-state index contributed by atoms with van der Waals surface area (Å²) in [6.07, 6.45) is 14.3. The Morgan fingerprint density at radius 1 is 0.943 bits per heavy atom. The number of aliphatic hydroxyl groups is 2. The average Bonchev–Trinajstić information content (AvgIpc) is 3.45. The van der Waals surface area contributed by atoms with Gasteiger partial charge in [-0.25, -0.2) is 4.79 Å². The van der Waals surface area contributed by atoms with Crippen LogP contribution in [0.2, 0.25) is 0 Å². The van der Waals surface area contributed by atoms with Crippen LogP contribution in [-0.2, 0) is 0 Å². The minimum absolute atomic E-state index is 0.102. The van der Waals surface area contributed by atoms with Gasteiger partial charge in [-0.1, -0.05) is 13.8 Å². The van der Waals surface area contributed by atoms with Gasteiger partial charge in [-0.05, 0) is 137 Å². The number of fused-ring (bicyclic) bond motifs is 5. The molecule has 5 aliphatic rings. The number of nitrogens with zero attached hydrogens (tertiary/aromatic N) is 1. The van der Waals surface area contributed by atoms with Gasteiger partial charge in [-0.2, -0.15) is 0 Å². The van der Waals surface area contributed by atoms with Crippen molar-refractivity contribution >= 4 is 0 Å². The summed E-state index contributed by atoms with van der Waals surface area (Å²) in [7, 11) is 0. The Labute approximate surface area is 210 Å². The van der Waals surface area contributed by atoms with Crippen LogP contribution in [-0.4, -0.2) is 45.9 Å². The van der Waals surface area contributed by atoms with Gasteiger partial charge in [0.2, 0.25) is 0 Å². The van der Waals surface area contributed by atoms with Crippen molar-refractivity contribution in [1.29, 1.82) is 0 Å². The molecule has 1 saturated heterocycles. The van der Waals surface area contributed by atoms with Crippen molar-refractivity contribution in [3.05, 3.63) is 34.4 Å². The minimum Gasteiger partial charge on any atom is -0.431 e. The minimum atomic E-state index is -0.715. The first kappa shape index (κ1) is 24.2. The molecule has 5 heteroatoms. The molecule has 4 aliphatic carbocycles. The maximum atomic E-state index is 12.4. The lowest BCUT2D eigenvalue weighted by atomic mass is 9.41. The van der Waals surface area contributed by atoms with Crippen molar-refractivity contribution in [3.63, 3.8) is 0 Å². The van der Waals surface area contributed by atoms with Crippen LogP contribution in [0.3, 0.4) is 0 Å². The first-order valence-corrected chi connectivity index (χ1v) is 14.4. The summed E-state index contributed by atoms with van der Waals surface area (Å²) in [5.74, 6) is 1.47. The monoisotopic (exact) mass is 483 g/mol. The van der Waals surface area contributed by atoms with Crippen molar-refractivity contribution < 1.29 is 14.6 Å². The highest BCUT2D eigenvalue weighted by atomic mass is 16.4. The first-order chi connectivity index (χ1) is 16.7. The van der Waals surface area contributed by atoms with Crippen molar-refractivity contribution in [2.24, 2.45) is 28.6 Å². The van der Waals surface area contributed by atoms with Gasteiger partial charge in [-0.15, -0.1) is 0 Å². The molecular weight excluding hydrogens is 438 g/mol. The molecule has 1 aromatic heterocycles. The molecule has 2 heterocycles. The highest BCUT2D eigenvalue weighted by molar-refractivity contribution is 5.27. The lowest BCUT2D eigenvalue weighted by Crippen LogP contribution is -2.66. The molecule has 8 atom stereocenters. The van der Waals surface area contributed by atoms with E-state index in [1.807, 2.05) is 6.07 Å². The zero-order valence-electron chi connectivity index (χ0n) is 21.8. The van der Waals surface area contributed by atoms with E-state index in [0.29, 0.717) is 11.8 Å². The second kappa shape index (κ2) is 8.43. The van der Waals surface area contributed by atoms with E-state index in [-0.39, 0.29) is 28.3 Å². The van der Waals surface area contributed by atoms with Crippen LogP contribution in [0.5, 0.6) is 0 Å². The number of hydrogen-bond donors (Lipinski definition) is 2. The lowest BCUT2D eigenvalue weighted by Gasteiger charge is -2.66. The van der Waals surface area contributed by atoms with Crippen molar-refractivity contribution in [2.75, 3.05) is 19.6 Å². The molecule has 0 aromatic carbocycles. The fraction of sp³-hybridized carbons (Fsp3) is 0.833. The van der Waals surface area contributed by atoms with Gasteiger partial charge in [0.1, 0.15) is 0 Å². The van der Waals surface area contributed by atoms with Crippen LogP contribution in [0.15, 0.2) is 27.6 Å². The molecule has 5 fully saturated rings. The van der Waals surface area contributed by atoms with Crippen LogP contribution >= 0.6 is 0 Å². The Bertz CT molecular complexity index is 982. The Hall–Kier alpha value is -1.17. The first-order valence-electron chi connectivity index (χ1n) is 14.4. The summed E-state index contributed by atoms with van der Waals surface area (Å²) in [5, 5.41) is 24.6. The maximum absolute atomic E-state index is 12.4. The average molecular weight is 484 g/mol. The molecule has 194 valence electrons. The van der Waals surface area contributed by atoms with E-state index in [0.717, 1.165) is 56.9 Å². The summed E-state index contributed by atoms with van der Waals surface area (Å²) in [6.45, 7) is 8.36. The van der Waals surface area contributed by atoms with Gasteiger partial charge in [0, 0.05) is 11.5 Å². The molecule has 0 bridgehead atoms. The zero-order chi connectivity index (χ0) is 24.5. The highest BCUT2D eigenvalue weighted by Crippen LogP contribution is 2.71. The second-order valence-electron chi connectivity index (χ2n) is 13.5. The Morgan fingerprint density at radius 2 is 1.69 bits per heavy atom.